The molecule has 3 aromatic rings. The third-order valence-electron chi connectivity index (χ3n) is 5.89. The van der Waals surface area contributed by atoms with Gasteiger partial charge in [-0.1, -0.05) is 126 Å². The maximum atomic E-state index is 7.25. The van der Waals surface area contributed by atoms with E-state index in [2.05, 4.69) is 136 Å². The number of ether oxygens (including phenoxy) is 1. The van der Waals surface area contributed by atoms with Crippen LogP contribution in [0.15, 0.2) is 113 Å². The first kappa shape index (κ1) is 21.1. The van der Waals surface area contributed by atoms with Gasteiger partial charge in [0.2, 0.25) is 0 Å². The fourth-order valence-electron chi connectivity index (χ4n) is 4.41. The van der Waals surface area contributed by atoms with Gasteiger partial charge in [0.15, 0.2) is 0 Å². The van der Waals surface area contributed by atoms with Crippen LogP contribution in [-0.2, 0) is 10.3 Å². The van der Waals surface area contributed by atoms with Crippen molar-refractivity contribution in [3.8, 4) is 0 Å². The van der Waals surface area contributed by atoms with Gasteiger partial charge in [0.25, 0.3) is 0 Å². The lowest BCUT2D eigenvalue weighted by Crippen LogP contribution is -2.39. The Kier molecular flexibility index (Phi) is 7.19. The van der Waals surface area contributed by atoms with E-state index in [-0.39, 0.29) is 6.10 Å². The summed E-state index contributed by atoms with van der Waals surface area (Å²) in [5, 5.41) is 0. The topological polar surface area (TPSA) is 9.23 Å². The summed E-state index contributed by atoms with van der Waals surface area (Å²) in [4.78, 5) is 0. The molecule has 0 bridgehead atoms. The highest BCUT2D eigenvalue weighted by atomic mass is 127. The Morgan fingerprint density at radius 1 is 0.767 bits per heavy atom. The van der Waals surface area contributed by atoms with Gasteiger partial charge >= 0.3 is 0 Å². The molecule has 3 aromatic carbocycles. The molecule has 2 unspecified atom stereocenters. The molecule has 0 aromatic heterocycles. The first-order valence-corrected chi connectivity index (χ1v) is 11.9. The molecule has 0 aliphatic heterocycles. The zero-order valence-electron chi connectivity index (χ0n) is 17.0. The molecule has 152 valence electrons. The normalized spacial score (nSPS) is 17.8. The monoisotopic (exact) mass is 506 g/mol. The van der Waals surface area contributed by atoms with Crippen molar-refractivity contribution in [3.63, 3.8) is 0 Å². The van der Waals surface area contributed by atoms with Gasteiger partial charge in [-0.2, -0.15) is 0 Å². The molecule has 1 nitrogen and oxygen atoms in total. The van der Waals surface area contributed by atoms with E-state index >= 15 is 0 Å². The van der Waals surface area contributed by atoms with Crippen molar-refractivity contribution in [2.75, 3.05) is 0 Å². The molecule has 0 saturated heterocycles. The third-order valence-corrected chi connectivity index (χ3v) is 6.31. The molecule has 1 aliphatic carbocycles. The maximum absolute atomic E-state index is 7.25. The van der Waals surface area contributed by atoms with Crippen LogP contribution in [0.4, 0.5) is 0 Å². The van der Waals surface area contributed by atoms with Crippen LogP contribution in [0.25, 0.3) is 0 Å². The van der Waals surface area contributed by atoms with Crippen molar-refractivity contribution in [1.82, 2.24) is 0 Å². The molecule has 0 fully saturated rings. The van der Waals surface area contributed by atoms with Gasteiger partial charge in [-0.25, -0.2) is 0 Å². The molecular formula is C28H27IO. The molecule has 0 radical (unpaired) electrons. The predicted molar refractivity (Wildman–Crippen MR) is 134 cm³/mol. The summed E-state index contributed by atoms with van der Waals surface area (Å²) in [6.07, 6.45) is 10.2. The Morgan fingerprint density at radius 2 is 1.27 bits per heavy atom. The highest BCUT2D eigenvalue weighted by Crippen LogP contribution is 2.43. The number of allylic oxidation sites excluding steroid dienone is 2. The van der Waals surface area contributed by atoms with Crippen molar-refractivity contribution in [1.29, 1.82) is 0 Å². The van der Waals surface area contributed by atoms with Crippen LogP contribution in [0.1, 0.15) is 36.0 Å². The van der Waals surface area contributed by atoms with Crippen molar-refractivity contribution >= 4 is 22.6 Å². The minimum absolute atomic E-state index is 0.0208. The molecular weight excluding hydrogens is 479 g/mol. The number of hydrogen-bond acceptors (Lipinski definition) is 1. The van der Waals surface area contributed by atoms with E-state index in [4.69, 9.17) is 4.74 Å². The lowest BCUT2D eigenvalue weighted by molar-refractivity contribution is -0.0517. The van der Waals surface area contributed by atoms with Gasteiger partial charge in [0.1, 0.15) is 5.60 Å². The average molecular weight is 506 g/mol. The van der Waals surface area contributed by atoms with Crippen molar-refractivity contribution < 1.29 is 4.74 Å². The highest BCUT2D eigenvalue weighted by Gasteiger charge is 2.40. The second-order valence-corrected chi connectivity index (χ2v) is 8.44. The van der Waals surface area contributed by atoms with E-state index in [0.29, 0.717) is 5.92 Å². The fourth-order valence-corrected chi connectivity index (χ4v) is 4.82. The maximum Gasteiger partial charge on any atom is 0.144 e. The molecule has 0 heterocycles. The molecule has 30 heavy (non-hydrogen) atoms. The van der Waals surface area contributed by atoms with Gasteiger partial charge in [0.05, 0.1) is 6.10 Å². The Morgan fingerprint density at radius 3 is 1.67 bits per heavy atom. The number of benzene rings is 3. The van der Waals surface area contributed by atoms with Crippen LogP contribution in [-0.4, -0.2) is 6.10 Å². The van der Waals surface area contributed by atoms with E-state index in [1.54, 1.807) is 0 Å². The summed E-state index contributed by atoms with van der Waals surface area (Å²) in [6, 6.07) is 31.9. The number of rotatable bonds is 7. The van der Waals surface area contributed by atoms with Gasteiger partial charge in [-0.05, 0) is 52.0 Å². The van der Waals surface area contributed by atoms with Crippen LogP contribution < -0.4 is 0 Å². The van der Waals surface area contributed by atoms with Crippen LogP contribution in [0.3, 0.4) is 0 Å². The van der Waals surface area contributed by atoms with E-state index in [0.717, 1.165) is 36.0 Å². The van der Waals surface area contributed by atoms with Crippen LogP contribution in [0.5, 0.6) is 0 Å². The number of halogens is 1. The van der Waals surface area contributed by atoms with Crippen LogP contribution >= 0.6 is 22.6 Å². The summed E-state index contributed by atoms with van der Waals surface area (Å²) in [5.74, 6) is 0.469. The van der Waals surface area contributed by atoms with Crippen molar-refractivity contribution in [2.45, 2.75) is 31.0 Å². The fraction of sp³-hybridized carbons (Fsp3) is 0.214. The smallest absolute Gasteiger partial charge is 0.144 e. The van der Waals surface area contributed by atoms with Gasteiger partial charge in [-0.15, -0.1) is 0 Å². The van der Waals surface area contributed by atoms with Gasteiger partial charge in [0, 0.05) is 0 Å². The Bertz CT molecular complexity index is 867. The lowest BCUT2D eigenvalue weighted by atomic mass is 9.79. The standard InChI is InChI=1S/C28H27IO/c29-22-21-27(23-13-5-1-6-14-23)30-28(24-15-7-2-8-16-24,25-17-9-3-10-18-25)26-19-11-4-12-20-26/h1-5,7-12,15-23,27H,6,13-14H2. The zero-order valence-corrected chi connectivity index (χ0v) is 19.2. The lowest BCUT2D eigenvalue weighted by Gasteiger charge is -2.40. The van der Waals surface area contributed by atoms with Crippen LogP contribution in [0, 0.1) is 5.92 Å². The average Bonchev–Trinajstić information content (AvgIpc) is 2.84. The minimum atomic E-state index is -0.675. The quantitative estimate of drug-likeness (QED) is 0.182. The van der Waals surface area contributed by atoms with E-state index < -0.39 is 5.60 Å². The molecule has 0 saturated carbocycles. The molecule has 4 rings (SSSR count). The summed E-state index contributed by atoms with van der Waals surface area (Å²) in [7, 11) is 0. The van der Waals surface area contributed by atoms with E-state index in [1.807, 2.05) is 0 Å². The second-order valence-electron chi connectivity index (χ2n) is 7.72. The highest BCUT2D eigenvalue weighted by molar-refractivity contribution is 14.1. The first-order chi connectivity index (χ1) is 14.8. The Labute approximate surface area is 193 Å². The molecule has 0 spiro atoms. The molecule has 2 atom stereocenters. The van der Waals surface area contributed by atoms with Crippen LogP contribution in [0.2, 0.25) is 0 Å². The zero-order chi connectivity index (χ0) is 20.7. The summed E-state index contributed by atoms with van der Waals surface area (Å²) >= 11 is 2.32. The summed E-state index contributed by atoms with van der Waals surface area (Å²) in [6.45, 7) is 0. The summed E-state index contributed by atoms with van der Waals surface area (Å²) < 4.78 is 9.35. The Balaban J connectivity index is 1.91. The van der Waals surface area contributed by atoms with E-state index in [1.165, 1.54) is 0 Å². The van der Waals surface area contributed by atoms with E-state index in [9.17, 15) is 0 Å². The second kappa shape index (κ2) is 10.2. The largest absolute Gasteiger partial charge is 0.353 e. The molecule has 0 N–H and O–H groups in total. The predicted octanol–water partition coefficient (Wildman–Crippen LogP) is 7.67. The molecule has 1 aliphatic rings. The van der Waals surface area contributed by atoms with Crippen molar-refractivity contribution in [2.24, 2.45) is 5.92 Å². The van der Waals surface area contributed by atoms with Gasteiger partial charge in [-0.3, -0.25) is 0 Å². The first-order valence-electron chi connectivity index (χ1n) is 10.6. The van der Waals surface area contributed by atoms with Gasteiger partial charge < -0.3 is 4.74 Å². The summed E-state index contributed by atoms with van der Waals surface area (Å²) in [5.41, 5.74) is 2.79. The Hall–Kier alpha value is -2.17. The SMILES string of the molecule is IC=CC(OC(c1ccccc1)(c1ccccc1)c1ccccc1)C1CC=CCC1. The van der Waals surface area contributed by atoms with Crippen molar-refractivity contribution in [3.05, 3.63) is 130 Å². The third kappa shape index (κ3) is 4.45. The molecule has 0 amide bonds. The minimum Gasteiger partial charge on any atom is -0.353 e. The number of hydrogen-bond donors (Lipinski definition) is 0. The molecule has 2 heteroatoms.